The molecular formula is C3H6N3O3-. The quantitative estimate of drug-likeness (QED) is 0.431. The SMILES string of the molecule is O=C1CN([O-])NN1CO. The highest BCUT2D eigenvalue weighted by Crippen LogP contribution is 1.94. The van der Waals surface area contributed by atoms with Gasteiger partial charge in [0.1, 0.15) is 6.73 Å². The summed E-state index contributed by atoms with van der Waals surface area (Å²) in [5, 5.41) is 19.8. The molecule has 0 unspecified atom stereocenters. The van der Waals surface area contributed by atoms with Gasteiger partial charge < -0.3 is 10.3 Å². The zero-order chi connectivity index (χ0) is 6.85. The Labute approximate surface area is 51.2 Å². The van der Waals surface area contributed by atoms with Crippen LogP contribution in [0.15, 0.2) is 0 Å². The lowest BCUT2D eigenvalue weighted by Crippen LogP contribution is -2.38. The van der Waals surface area contributed by atoms with E-state index in [4.69, 9.17) is 5.11 Å². The van der Waals surface area contributed by atoms with Gasteiger partial charge in [0, 0.05) is 0 Å². The van der Waals surface area contributed by atoms with Gasteiger partial charge in [-0.3, -0.25) is 9.97 Å². The number of hydroxylamine groups is 1. The number of hydrogen-bond donors (Lipinski definition) is 2. The summed E-state index contributed by atoms with van der Waals surface area (Å²) in [4.78, 5) is 10.5. The molecule has 2 N–H and O–H groups in total. The molecule has 0 aromatic carbocycles. The highest BCUT2D eigenvalue weighted by molar-refractivity contribution is 5.79. The molecule has 0 bridgehead atoms. The maximum Gasteiger partial charge on any atom is 0.254 e. The van der Waals surface area contributed by atoms with Gasteiger partial charge in [-0.1, -0.05) is 0 Å². The summed E-state index contributed by atoms with van der Waals surface area (Å²) in [5.41, 5.74) is 2.06. The summed E-state index contributed by atoms with van der Waals surface area (Å²) in [7, 11) is 0. The Morgan fingerprint density at radius 2 is 2.56 bits per heavy atom. The molecule has 6 heteroatoms. The molecule has 6 nitrogen and oxygen atoms in total. The molecule has 0 spiro atoms. The molecule has 1 rings (SSSR count). The number of hydrogen-bond acceptors (Lipinski definition) is 5. The predicted octanol–water partition coefficient (Wildman–Crippen LogP) is -2.00. The lowest BCUT2D eigenvalue weighted by molar-refractivity contribution is -0.132. The average molecular weight is 132 g/mol. The van der Waals surface area contributed by atoms with Crippen LogP contribution in [0.2, 0.25) is 0 Å². The Morgan fingerprint density at radius 3 is 2.78 bits per heavy atom. The van der Waals surface area contributed by atoms with Crippen LogP contribution in [0, 0.1) is 5.21 Å². The number of carbonyl (C=O) groups is 1. The van der Waals surface area contributed by atoms with E-state index in [1.54, 1.807) is 0 Å². The van der Waals surface area contributed by atoms with Crippen molar-refractivity contribution in [3.63, 3.8) is 0 Å². The van der Waals surface area contributed by atoms with E-state index in [0.717, 1.165) is 5.01 Å². The smallest absolute Gasteiger partial charge is 0.254 e. The van der Waals surface area contributed by atoms with E-state index >= 15 is 0 Å². The van der Waals surface area contributed by atoms with Crippen LogP contribution in [0.4, 0.5) is 0 Å². The second kappa shape index (κ2) is 2.28. The Hall–Kier alpha value is -0.690. The van der Waals surface area contributed by atoms with Crippen molar-refractivity contribution in [2.24, 2.45) is 0 Å². The topological polar surface area (TPSA) is 78.9 Å². The van der Waals surface area contributed by atoms with E-state index in [9.17, 15) is 10.0 Å². The Balaban J connectivity index is 2.48. The number of nitrogens with zero attached hydrogens (tertiary/aromatic N) is 2. The van der Waals surface area contributed by atoms with Gasteiger partial charge in [-0.05, 0) is 0 Å². The van der Waals surface area contributed by atoms with Gasteiger partial charge in [0.05, 0.1) is 6.54 Å². The summed E-state index contributed by atoms with van der Waals surface area (Å²) in [6, 6.07) is 0. The summed E-state index contributed by atoms with van der Waals surface area (Å²) < 4.78 is 0. The second-order valence-corrected chi connectivity index (χ2v) is 1.60. The largest absolute Gasteiger partial charge is 0.770 e. The predicted molar refractivity (Wildman–Crippen MR) is 27.1 cm³/mol. The first-order chi connectivity index (χ1) is 4.24. The fraction of sp³-hybridized carbons (Fsp3) is 0.667. The maximum atomic E-state index is 10.5. The van der Waals surface area contributed by atoms with Crippen LogP contribution in [0.5, 0.6) is 0 Å². The zero-order valence-corrected chi connectivity index (χ0v) is 4.57. The van der Waals surface area contributed by atoms with E-state index in [-0.39, 0.29) is 6.54 Å². The van der Waals surface area contributed by atoms with Crippen LogP contribution in [0.25, 0.3) is 0 Å². The first-order valence-electron chi connectivity index (χ1n) is 2.36. The Bertz CT molecular complexity index is 127. The van der Waals surface area contributed by atoms with Crippen LogP contribution < -0.4 is 5.53 Å². The molecule has 1 amide bonds. The first-order valence-corrected chi connectivity index (χ1v) is 2.36. The molecule has 1 aliphatic heterocycles. The first kappa shape index (κ1) is 6.43. The van der Waals surface area contributed by atoms with Gasteiger partial charge in [0.2, 0.25) is 0 Å². The lowest BCUT2D eigenvalue weighted by Gasteiger charge is -2.20. The number of amides is 1. The minimum atomic E-state index is -0.475. The van der Waals surface area contributed by atoms with Crippen LogP contribution in [-0.2, 0) is 4.79 Å². The van der Waals surface area contributed by atoms with Gasteiger partial charge in [-0.15, -0.1) is 0 Å². The molecule has 1 saturated heterocycles. The van der Waals surface area contributed by atoms with E-state index < -0.39 is 12.6 Å². The summed E-state index contributed by atoms with van der Waals surface area (Å²) in [6.07, 6.45) is 0. The summed E-state index contributed by atoms with van der Waals surface area (Å²) in [5.74, 6) is -0.424. The minimum Gasteiger partial charge on any atom is -0.770 e. The second-order valence-electron chi connectivity index (χ2n) is 1.60. The highest BCUT2D eigenvalue weighted by atomic mass is 16.6. The highest BCUT2D eigenvalue weighted by Gasteiger charge is 2.19. The number of carbonyl (C=O) groups excluding carboxylic acids is 1. The standard InChI is InChI=1S/C3H6N3O3/c7-2-5-3(8)1-6(9)4-5/h4,7H,1-2H2/q-1. The molecule has 0 aromatic heterocycles. The van der Waals surface area contributed by atoms with Crippen molar-refractivity contribution in [2.75, 3.05) is 13.3 Å². The summed E-state index contributed by atoms with van der Waals surface area (Å²) >= 11 is 0. The van der Waals surface area contributed by atoms with Crippen molar-refractivity contribution in [1.82, 2.24) is 15.7 Å². The molecule has 0 aliphatic carbocycles. The van der Waals surface area contributed by atoms with E-state index in [2.05, 4.69) is 5.53 Å². The number of aliphatic hydroxyl groups excluding tert-OH is 1. The maximum absolute atomic E-state index is 10.5. The van der Waals surface area contributed by atoms with Crippen LogP contribution in [0.1, 0.15) is 0 Å². The molecular weight excluding hydrogens is 126 g/mol. The molecule has 1 fully saturated rings. The third-order valence-electron chi connectivity index (χ3n) is 0.954. The van der Waals surface area contributed by atoms with E-state index in [0.29, 0.717) is 5.17 Å². The average Bonchev–Trinajstić information content (AvgIpc) is 2.10. The molecule has 0 aromatic rings. The zero-order valence-electron chi connectivity index (χ0n) is 4.57. The minimum absolute atomic E-state index is 0.236. The van der Waals surface area contributed by atoms with Crippen LogP contribution in [-0.4, -0.2) is 34.5 Å². The Morgan fingerprint density at radius 1 is 1.89 bits per heavy atom. The van der Waals surface area contributed by atoms with Crippen molar-refractivity contribution in [3.8, 4) is 0 Å². The van der Waals surface area contributed by atoms with Gasteiger partial charge in [-0.25, -0.2) is 5.01 Å². The fourth-order valence-corrected chi connectivity index (χ4v) is 0.544. The number of nitrogens with one attached hydrogen (secondary N) is 1. The molecule has 1 aliphatic rings. The van der Waals surface area contributed by atoms with Crippen molar-refractivity contribution in [3.05, 3.63) is 5.21 Å². The fourth-order valence-electron chi connectivity index (χ4n) is 0.544. The molecule has 0 radical (unpaired) electrons. The van der Waals surface area contributed by atoms with Crippen LogP contribution in [0.3, 0.4) is 0 Å². The molecule has 9 heavy (non-hydrogen) atoms. The number of hydrazine groups is 2. The van der Waals surface area contributed by atoms with Crippen molar-refractivity contribution >= 4 is 5.91 Å². The van der Waals surface area contributed by atoms with Crippen LogP contribution >= 0.6 is 0 Å². The van der Waals surface area contributed by atoms with Gasteiger partial charge in [-0.2, -0.15) is 5.53 Å². The van der Waals surface area contributed by atoms with Gasteiger partial charge >= 0.3 is 0 Å². The van der Waals surface area contributed by atoms with E-state index in [1.807, 2.05) is 0 Å². The number of aliphatic hydroxyl groups is 1. The monoisotopic (exact) mass is 132 g/mol. The van der Waals surface area contributed by atoms with Crippen molar-refractivity contribution in [2.45, 2.75) is 0 Å². The van der Waals surface area contributed by atoms with Crippen molar-refractivity contribution < 1.29 is 9.90 Å². The normalized spacial score (nSPS) is 21.6. The molecule has 0 saturated carbocycles. The lowest BCUT2D eigenvalue weighted by atomic mass is 10.6. The number of rotatable bonds is 1. The Kier molecular flexibility index (Phi) is 1.63. The molecule has 1 heterocycles. The third-order valence-corrected chi connectivity index (χ3v) is 0.954. The third kappa shape index (κ3) is 1.16. The van der Waals surface area contributed by atoms with Crippen molar-refractivity contribution in [1.29, 1.82) is 0 Å². The summed E-state index contributed by atoms with van der Waals surface area (Å²) in [6.45, 7) is -0.710. The van der Waals surface area contributed by atoms with Gasteiger partial charge in [0.25, 0.3) is 5.91 Å². The molecule has 0 atom stereocenters. The van der Waals surface area contributed by atoms with E-state index in [1.165, 1.54) is 0 Å². The van der Waals surface area contributed by atoms with Gasteiger partial charge in [0.15, 0.2) is 0 Å². The molecule has 52 valence electrons.